The predicted molar refractivity (Wildman–Crippen MR) is 98.4 cm³/mol. The minimum atomic E-state index is -3.73. The van der Waals surface area contributed by atoms with Crippen LogP contribution in [0.3, 0.4) is 0 Å². The molecule has 0 bridgehead atoms. The summed E-state index contributed by atoms with van der Waals surface area (Å²) >= 11 is 7.34. The van der Waals surface area contributed by atoms with Crippen LogP contribution in [0.2, 0.25) is 5.02 Å². The monoisotopic (exact) mass is 394 g/mol. The molecule has 25 heavy (non-hydrogen) atoms. The summed E-state index contributed by atoms with van der Waals surface area (Å²) in [6, 6.07) is 12.0. The van der Waals surface area contributed by atoms with Crippen LogP contribution >= 0.6 is 23.3 Å². The van der Waals surface area contributed by atoms with Gasteiger partial charge < -0.3 is 5.32 Å². The maximum Gasteiger partial charge on any atom is 0.245 e. The van der Waals surface area contributed by atoms with Crippen molar-refractivity contribution >= 4 is 44.4 Å². The summed E-state index contributed by atoms with van der Waals surface area (Å²) in [5.74, 6) is 0. The molecule has 9 heteroatoms. The van der Waals surface area contributed by atoms with E-state index in [9.17, 15) is 8.42 Å². The quantitative estimate of drug-likeness (QED) is 0.739. The molecule has 0 radical (unpaired) electrons. The van der Waals surface area contributed by atoms with Crippen LogP contribution in [0.4, 0.5) is 0 Å². The van der Waals surface area contributed by atoms with Crippen molar-refractivity contribution in [3.8, 4) is 0 Å². The molecule has 0 amide bonds. The zero-order chi connectivity index (χ0) is 17.4. The third kappa shape index (κ3) is 2.94. The van der Waals surface area contributed by atoms with Crippen molar-refractivity contribution in [2.24, 2.45) is 0 Å². The number of rotatable bonds is 3. The summed E-state index contributed by atoms with van der Waals surface area (Å²) in [7, 11) is -3.73. The Hall–Kier alpha value is -1.58. The summed E-state index contributed by atoms with van der Waals surface area (Å²) < 4.78 is 36.6. The average molecular weight is 395 g/mol. The fraction of sp³-hybridized carbons (Fsp3) is 0.250. The zero-order valence-electron chi connectivity index (χ0n) is 13.1. The molecular weight excluding hydrogens is 380 g/mol. The molecule has 1 fully saturated rings. The molecular formula is C16H15ClN4O2S2. The molecule has 3 aromatic rings. The Balaban J connectivity index is 1.83. The van der Waals surface area contributed by atoms with Crippen LogP contribution in [-0.4, -0.2) is 41.1 Å². The number of benzene rings is 2. The second-order valence-electron chi connectivity index (χ2n) is 5.75. The molecule has 1 N–H and O–H groups in total. The lowest BCUT2D eigenvalue weighted by atomic mass is 10.1. The molecule has 0 aliphatic carbocycles. The fourth-order valence-corrected chi connectivity index (χ4v) is 5.72. The topological polar surface area (TPSA) is 75.2 Å². The number of hydrogen-bond donors (Lipinski definition) is 1. The SMILES string of the molecule is O=S(=O)(c1cccc2nsnc12)N1CCNCC1c1ccccc1Cl. The molecule has 0 spiro atoms. The lowest BCUT2D eigenvalue weighted by molar-refractivity contribution is 0.272. The lowest BCUT2D eigenvalue weighted by Crippen LogP contribution is -2.48. The maximum atomic E-state index is 13.4. The van der Waals surface area contributed by atoms with Gasteiger partial charge in [-0.05, 0) is 23.8 Å². The van der Waals surface area contributed by atoms with E-state index in [1.807, 2.05) is 18.2 Å². The van der Waals surface area contributed by atoms with Crippen LogP contribution in [0.5, 0.6) is 0 Å². The molecule has 2 aromatic carbocycles. The molecule has 2 heterocycles. The first-order chi connectivity index (χ1) is 12.1. The molecule has 1 aliphatic heterocycles. The van der Waals surface area contributed by atoms with Gasteiger partial charge in [-0.1, -0.05) is 35.9 Å². The van der Waals surface area contributed by atoms with Gasteiger partial charge in [0.1, 0.15) is 15.9 Å². The molecule has 1 atom stereocenters. The van der Waals surface area contributed by atoms with Crippen LogP contribution in [0, 0.1) is 0 Å². The first-order valence-corrected chi connectivity index (χ1v) is 10.3. The Morgan fingerprint density at radius 1 is 1.16 bits per heavy atom. The highest BCUT2D eigenvalue weighted by atomic mass is 35.5. The number of hydrogen-bond acceptors (Lipinski definition) is 6. The summed E-state index contributed by atoms with van der Waals surface area (Å²) in [6.45, 7) is 1.46. The van der Waals surface area contributed by atoms with Gasteiger partial charge in [-0.3, -0.25) is 0 Å². The van der Waals surface area contributed by atoms with Gasteiger partial charge >= 0.3 is 0 Å². The van der Waals surface area contributed by atoms with Gasteiger partial charge in [0, 0.05) is 24.7 Å². The minimum Gasteiger partial charge on any atom is -0.313 e. The van der Waals surface area contributed by atoms with E-state index in [0.717, 1.165) is 17.3 Å². The number of sulfonamides is 1. The maximum absolute atomic E-state index is 13.4. The van der Waals surface area contributed by atoms with Gasteiger partial charge in [-0.2, -0.15) is 13.1 Å². The van der Waals surface area contributed by atoms with E-state index < -0.39 is 10.0 Å². The van der Waals surface area contributed by atoms with Gasteiger partial charge in [-0.15, -0.1) is 0 Å². The number of piperazine rings is 1. The summed E-state index contributed by atoms with van der Waals surface area (Å²) in [4.78, 5) is 0.192. The van der Waals surface area contributed by atoms with Crippen LogP contribution < -0.4 is 5.32 Å². The van der Waals surface area contributed by atoms with E-state index in [-0.39, 0.29) is 10.9 Å². The predicted octanol–water partition coefficient (Wildman–Crippen LogP) is 2.68. The highest BCUT2D eigenvalue weighted by Gasteiger charge is 2.36. The lowest BCUT2D eigenvalue weighted by Gasteiger charge is -2.35. The largest absolute Gasteiger partial charge is 0.313 e. The second kappa shape index (κ2) is 6.62. The Morgan fingerprint density at radius 2 is 2.00 bits per heavy atom. The van der Waals surface area contributed by atoms with Gasteiger partial charge in [0.25, 0.3) is 0 Å². The van der Waals surface area contributed by atoms with E-state index in [2.05, 4.69) is 14.1 Å². The van der Waals surface area contributed by atoms with Crippen molar-refractivity contribution < 1.29 is 8.42 Å². The fourth-order valence-electron chi connectivity index (χ4n) is 3.10. The third-order valence-electron chi connectivity index (χ3n) is 4.29. The number of halogens is 1. The first kappa shape index (κ1) is 16.9. The van der Waals surface area contributed by atoms with E-state index in [1.165, 1.54) is 4.31 Å². The molecule has 6 nitrogen and oxygen atoms in total. The highest BCUT2D eigenvalue weighted by molar-refractivity contribution is 7.89. The van der Waals surface area contributed by atoms with Gasteiger partial charge in [0.05, 0.1) is 17.8 Å². The smallest absolute Gasteiger partial charge is 0.245 e. The first-order valence-electron chi connectivity index (χ1n) is 7.77. The van der Waals surface area contributed by atoms with Crippen molar-refractivity contribution in [1.29, 1.82) is 0 Å². The van der Waals surface area contributed by atoms with Crippen LogP contribution in [-0.2, 0) is 10.0 Å². The van der Waals surface area contributed by atoms with E-state index >= 15 is 0 Å². The Kier molecular flexibility index (Phi) is 4.47. The van der Waals surface area contributed by atoms with Gasteiger partial charge in [0.15, 0.2) is 0 Å². The molecule has 1 saturated heterocycles. The van der Waals surface area contributed by atoms with Gasteiger partial charge in [0.2, 0.25) is 10.0 Å². The Morgan fingerprint density at radius 3 is 2.84 bits per heavy atom. The van der Waals surface area contributed by atoms with Crippen molar-refractivity contribution in [3.63, 3.8) is 0 Å². The van der Waals surface area contributed by atoms with Crippen LogP contribution in [0.15, 0.2) is 47.4 Å². The number of fused-ring (bicyclic) bond motifs is 1. The average Bonchev–Trinajstić information content (AvgIpc) is 3.11. The number of aromatic nitrogens is 2. The highest BCUT2D eigenvalue weighted by Crippen LogP contribution is 2.34. The van der Waals surface area contributed by atoms with Crippen molar-refractivity contribution in [2.45, 2.75) is 10.9 Å². The standard InChI is InChI=1S/C16H15ClN4O2S2/c17-12-5-2-1-4-11(12)14-10-18-8-9-21(14)25(22,23)15-7-3-6-13-16(15)20-24-19-13/h1-7,14,18H,8-10H2. The molecule has 4 rings (SSSR count). The van der Waals surface area contributed by atoms with Crippen molar-refractivity contribution in [2.75, 3.05) is 19.6 Å². The molecule has 1 aliphatic rings. The third-order valence-corrected chi connectivity index (χ3v) is 7.12. The second-order valence-corrected chi connectivity index (χ2v) is 8.54. The van der Waals surface area contributed by atoms with E-state index in [0.29, 0.717) is 35.7 Å². The normalized spacial score (nSPS) is 19.3. The number of nitrogens with zero attached hydrogens (tertiary/aromatic N) is 3. The summed E-state index contributed by atoms with van der Waals surface area (Å²) in [5, 5.41) is 3.82. The molecule has 130 valence electrons. The minimum absolute atomic E-state index is 0.192. The molecule has 0 saturated carbocycles. The van der Waals surface area contributed by atoms with Gasteiger partial charge in [-0.25, -0.2) is 8.42 Å². The Labute approximate surface area is 154 Å². The van der Waals surface area contributed by atoms with Crippen LogP contribution in [0.25, 0.3) is 11.0 Å². The van der Waals surface area contributed by atoms with Crippen LogP contribution in [0.1, 0.15) is 11.6 Å². The Bertz CT molecular complexity index is 1020. The summed E-state index contributed by atoms with van der Waals surface area (Å²) in [6.07, 6.45) is 0. The van der Waals surface area contributed by atoms with Crippen molar-refractivity contribution in [3.05, 3.63) is 53.1 Å². The van der Waals surface area contributed by atoms with E-state index in [1.54, 1.807) is 24.3 Å². The molecule has 1 unspecified atom stereocenters. The molecule has 1 aromatic heterocycles. The van der Waals surface area contributed by atoms with E-state index in [4.69, 9.17) is 11.6 Å². The van der Waals surface area contributed by atoms with Crippen molar-refractivity contribution in [1.82, 2.24) is 18.4 Å². The zero-order valence-corrected chi connectivity index (χ0v) is 15.5. The summed E-state index contributed by atoms with van der Waals surface area (Å²) in [5.41, 5.74) is 1.81. The number of nitrogens with one attached hydrogen (secondary N) is 1.